The van der Waals surface area contributed by atoms with E-state index in [-0.39, 0.29) is 5.54 Å². The second-order valence-corrected chi connectivity index (χ2v) is 6.51. The van der Waals surface area contributed by atoms with Crippen LogP contribution in [-0.4, -0.2) is 31.9 Å². The maximum absolute atomic E-state index is 6.09. The van der Waals surface area contributed by atoms with E-state index >= 15 is 0 Å². The van der Waals surface area contributed by atoms with Crippen molar-refractivity contribution < 1.29 is 9.47 Å². The van der Waals surface area contributed by atoms with E-state index in [1.54, 1.807) is 6.07 Å². The molecule has 114 valence electrons. The molecule has 1 N–H and O–H groups in total. The number of ether oxygens (including phenoxy) is 2. The Morgan fingerprint density at radius 3 is 2.40 bits per heavy atom. The minimum Gasteiger partial charge on any atom is -0.489 e. The zero-order valence-corrected chi connectivity index (χ0v) is 14.1. The molecule has 0 bridgehead atoms. The van der Waals surface area contributed by atoms with Gasteiger partial charge >= 0.3 is 0 Å². The van der Waals surface area contributed by atoms with Crippen molar-refractivity contribution in [3.05, 3.63) is 27.7 Å². The van der Waals surface area contributed by atoms with E-state index in [2.05, 4.69) is 26.1 Å². The molecule has 0 saturated heterocycles. The summed E-state index contributed by atoms with van der Waals surface area (Å²) >= 11 is 12.0. The van der Waals surface area contributed by atoms with Gasteiger partial charge in [0.05, 0.1) is 18.2 Å². The van der Waals surface area contributed by atoms with Gasteiger partial charge < -0.3 is 14.8 Å². The van der Waals surface area contributed by atoms with Crippen molar-refractivity contribution in [1.82, 2.24) is 5.32 Å². The zero-order chi connectivity index (χ0) is 15.2. The van der Waals surface area contributed by atoms with Crippen LogP contribution in [0.5, 0.6) is 5.75 Å². The largest absolute Gasteiger partial charge is 0.489 e. The average molecular weight is 320 g/mol. The standard InChI is InChI=1S/C15H23Cl2NO2/c1-11-9-12(16)10-13(17)14(11)20-8-7-19-6-5-18-15(2,3)4/h9-10,18H,5-8H2,1-4H3. The molecule has 0 aliphatic heterocycles. The molecule has 5 heteroatoms. The van der Waals surface area contributed by atoms with Gasteiger partial charge in [0.1, 0.15) is 12.4 Å². The van der Waals surface area contributed by atoms with Crippen molar-refractivity contribution in [3.63, 3.8) is 0 Å². The third kappa shape index (κ3) is 6.80. The summed E-state index contributed by atoms with van der Waals surface area (Å²) in [5.41, 5.74) is 1.05. The zero-order valence-electron chi connectivity index (χ0n) is 12.6. The second-order valence-electron chi connectivity index (χ2n) is 5.67. The number of benzene rings is 1. The molecule has 0 atom stereocenters. The highest BCUT2D eigenvalue weighted by Gasteiger charge is 2.08. The molecule has 3 nitrogen and oxygen atoms in total. The number of hydrogen-bond acceptors (Lipinski definition) is 3. The van der Waals surface area contributed by atoms with E-state index < -0.39 is 0 Å². The summed E-state index contributed by atoms with van der Waals surface area (Å²) in [7, 11) is 0. The van der Waals surface area contributed by atoms with Crippen molar-refractivity contribution in [2.24, 2.45) is 0 Å². The minimum atomic E-state index is 0.119. The van der Waals surface area contributed by atoms with Gasteiger partial charge in [-0.1, -0.05) is 23.2 Å². The first kappa shape index (κ1) is 17.6. The predicted octanol–water partition coefficient (Wildman–Crippen LogP) is 4.09. The lowest BCUT2D eigenvalue weighted by Gasteiger charge is -2.20. The molecule has 0 spiro atoms. The molecule has 0 fully saturated rings. The predicted molar refractivity (Wildman–Crippen MR) is 85.3 cm³/mol. The second kappa shape index (κ2) is 8.08. The third-order valence-electron chi connectivity index (χ3n) is 2.57. The van der Waals surface area contributed by atoms with Gasteiger partial charge in [-0.2, -0.15) is 0 Å². The van der Waals surface area contributed by atoms with Crippen LogP contribution in [0.15, 0.2) is 12.1 Å². The molecule has 0 amide bonds. The quantitative estimate of drug-likeness (QED) is 0.768. The summed E-state index contributed by atoms with van der Waals surface area (Å²) < 4.78 is 11.1. The maximum Gasteiger partial charge on any atom is 0.141 e. The van der Waals surface area contributed by atoms with Gasteiger partial charge in [-0.25, -0.2) is 0 Å². The Hall–Kier alpha value is -0.480. The van der Waals surface area contributed by atoms with Gasteiger partial charge in [0, 0.05) is 17.1 Å². The Labute approximate surface area is 131 Å². The maximum atomic E-state index is 6.09. The van der Waals surface area contributed by atoms with Crippen molar-refractivity contribution >= 4 is 23.2 Å². The first-order chi connectivity index (χ1) is 9.29. The molecule has 0 aromatic heterocycles. The summed E-state index contributed by atoms with van der Waals surface area (Å²) in [5.74, 6) is 0.674. The molecule has 0 saturated carbocycles. The minimum absolute atomic E-state index is 0.119. The van der Waals surface area contributed by atoms with Gasteiger partial charge in [-0.05, 0) is 45.4 Å². The average Bonchev–Trinajstić information content (AvgIpc) is 2.29. The number of aryl methyl sites for hydroxylation is 1. The lowest BCUT2D eigenvalue weighted by molar-refractivity contribution is 0.0983. The lowest BCUT2D eigenvalue weighted by Crippen LogP contribution is -2.38. The molecule has 1 aromatic carbocycles. The van der Waals surface area contributed by atoms with Crippen LogP contribution >= 0.6 is 23.2 Å². The highest BCUT2D eigenvalue weighted by molar-refractivity contribution is 6.35. The van der Waals surface area contributed by atoms with Crippen LogP contribution in [0, 0.1) is 6.92 Å². The summed E-state index contributed by atoms with van der Waals surface area (Å²) in [4.78, 5) is 0. The van der Waals surface area contributed by atoms with Crippen LogP contribution < -0.4 is 10.1 Å². The van der Waals surface area contributed by atoms with Gasteiger partial charge in [0.2, 0.25) is 0 Å². The van der Waals surface area contributed by atoms with Crippen LogP contribution in [0.2, 0.25) is 10.0 Å². The summed E-state index contributed by atoms with van der Waals surface area (Å²) in [6, 6.07) is 3.51. The van der Waals surface area contributed by atoms with E-state index in [0.717, 1.165) is 12.1 Å². The Balaban J connectivity index is 2.22. The van der Waals surface area contributed by atoms with Crippen LogP contribution in [0.4, 0.5) is 0 Å². The first-order valence-electron chi connectivity index (χ1n) is 6.71. The summed E-state index contributed by atoms with van der Waals surface area (Å²) in [6.07, 6.45) is 0. The number of nitrogens with one attached hydrogen (secondary N) is 1. The molecule has 1 rings (SSSR count). The molecule has 1 aromatic rings. The monoisotopic (exact) mass is 319 g/mol. The first-order valence-corrected chi connectivity index (χ1v) is 7.46. The molecule has 0 heterocycles. The fraction of sp³-hybridized carbons (Fsp3) is 0.600. The summed E-state index contributed by atoms with van der Waals surface area (Å²) in [5, 5.41) is 4.50. The van der Waals surface area contributed by atoms with Crippen LogP contribution in [-0.2, 0) is 4.74 Å². The van der Waals surface area contributed by atoms with Crippen LogP contribution in [0.3, 0.4) is 0 Å². The van der Waals surface area contributed by atoms with Crippen molar-refractivity contribution in [3.8, 4) is 5.75 Å². The number of rotatable bonds is 7. The van der Waals surface area contributed by atoms with Crippen LogP contribution in [0.25, 0.3) is 0 Å². The van der Waals surface area contributed by atoms with Gasteiger partial charge in [0.15, 0.2) is 0 Å². The smallest absolute Gasteiger partial charge is 0.141 e. The Kier molecular flexibility index (Phi) is 7.10. The molecule has 0 unspecified atom stereocenters. The molecular formula is C15H23Cl2NO2. The van der Waals surface area contributed by atoms with Gasteiger partial charge in [-0.3, -0.25) is 0 Å². The van der Waals surface area contributed by atoms with E-state index in [1.165, 1.54) is 0 Å². The number of halogens is 2. The highest BCUT2D eigenvalue weighted by atomic mass is 35.5. The Morgan fingerprint density at radius 2 is 1.80 bits per heavy atom. The molecule has 0 aliphatic rings. The Morgan fingerprint density at radius 1 is 1.10 bits per heavy atom. The van der Waals surface area contributed by atoms with E-state index in [1.807, 2.05) is 13.0 Å². The number of hydrogen-bond donors (Lipinski definition) is 1. The third-order valence-corrected chi connectivity index (χ3v) is 3.07. The fourth-order valence-corrected chi connectivity index (χ4v) is 2.32. The van der Waals surface area contributed by atoms with E-state index in [0.29, 0.717) is 35.6 Å². The van der Waals surface area contributed by atoms with Crippen molar-refractivity contribution in [1.29, 1.82) is 0 Å². The van der Waals surface area contributed by atoms with Crippen molar-refractivity contribution in [2.75, 3.05) is 26.4 Å². The molecular weight excluding hydrogens is 297 g/mol. The fourth-order valence-electron chi connectivity index (χ4n) is 1.67. The Bertz CT molecular complexity index is 407. The van der Waals surface area contributed by atoms with Crippen LogP contribution in [0.1, 0.15) is 26.3 Å². The normalized spacial score (nSPS) is 11.7. The molecule has 0 aliphatic carbocycles. The lowest BCUT2D eigenvalue weighted by atomic mass is 10.1. The SMILES string of the molecule is Cc1cc(Cl)cc(Cl)c1OCCOCCNC(C)(C)C. The highest BCUT2D eigenvalue weighted by Crippen LogP contribution is 2.31. The topological polar surface area (TPSA) is 30.5 Å². The van der Waals surface area contributed by atoms with Gasteiger partial charge in [-0.15, -0.1) is 0 Å². The van der Waals surface area contributed by atoms with E-state index in [9.17, 15) is 0 Å². The van der Waals surface area contributed by atoms with Gasteiger partial charge in [0.25, 0.3) is 0 Å². The molecule has 0 radical (unpaired) electrons. The molecule has 20 heavy (non-hydrogen) atoms. The summed E-state index contributed by atoms with van der Waals surface area (Å²) in [6.45, 7) is 10.8. The van der Waals surface area contributed by atoms with Crippen molar-refractivity contribution in [2.45, 2.75) is 33.2 Å². The van der Waals surface area contributed by atoms with E-state index in [4.69, 9.17) is 32.7 Å².